The molecular formula is C22H20N2O4S2. The molecule has 6 nitrogen and oxygen atoms in total. The fourth-order valence-electron chi connectivity index (χ4n) is 2.73. The molecule has 0 aliphatic heterocycles. The summed E-state index contributed by atoms with van der Waals surface area (Å²) in [7, 11) is 1.32. The Morgan fingerprint density at radius 2 is 1.67 bits per heavy atom. The maximum Gasteiger partial charge on any atom is 0.341 e. The summed E-state index contributed by atoms with van der Waals surface area (Å²) in [5, 5.41) is 6.84. The van der Waals surface area contributed by atoms with Gasteiger partial charge in [0.15, 0.2) is 5.11 Å². The molecule has 3 aromatic rings. The van der Waals surface area contributed by atoms with Crippen LogP contribution in [0, 0.1) is 0 Å². The second kappa shape index (κ2) is 10.00. The van der Waals surface area contributed by atoms with Crippen LogP contribution in [0.4, 0.5) is 10.7 Å². The largest absolute Gasteiger partial charge is 0.465 e. The van der Waals surface area contributed by atoms with Crippen LogP contribution in [0.5, 0.6) is 0 Å². The maximum atomic E-state index is 12.5. The van der Waals surface area contributed by atoms with Crippen molar-refractivity contribution >= 4 is 51.3 Å². The second-order valence-electron chi connectivity index (χ2n) is 6.06. The van der Waals surface area contributed by atoms with E-state index < -0.39 is 11.9 Å². The van der Waals surface area contributed by atoms with E-state index in [2.05, 4.69) is 10.6 Å². The van der Waals surface area contributed by atoms with Gasteiger partial charge in [-0.05, 0) is 42.9 Å². The first-order valence-corrected chi connectivity index (χ1v) is 10.4. The monoisotopic (exact) mass is 440 g/mol. The minimum absolute atomic E-state index is 0.235. The van der Waals surface area contributed by atoms with Crippen molar-refractivity contribution in [1.82, 2.24) is 0 Å². The van der Waals surface area contributed by atoms with Crippen LogP contribution in [0.3, 0.4) is 0 Å². The number of carbonyl (C=O) groups is 2. The summed E-state index contributed by atoms with van der Waals surface area (Å²) in [6, 6.07) is 18.4. The molecule has 0 aliphatic rings. The summed E-state index contributed by atoms with van der Waals surface area (Å²) >= 11 is 6.81. The van der Waals surface area contributed by atoms with Crippen molar-refractivity contribution in [3.63, 3.8) is 0 Å². The molecule has 2 aromatic carbocycles. The predicted octanol–water partition coefficient (Wildman–Crippen LogP) is 5.19. The number of nitrogens with one attached hydrogen (secondary N) is 2. The molecule has 154 valence electrons. The SMILES string of the molecule is CCOC(=O)c1cc(-c2ccccc2)sc1NC(=S)Nc1ccccc1C(=O)OC. The normalized spacial score (nSPS) is 10.2. The van der Waals surface area contributed by atoms with E-state index in [9.17, 15) is 9.59 Å². The number of ether oxygens (including phenoxy) is 2. The Morgan fingerprint density at radius 1 is 0.967 bits per heavy atom. The molecule has 8 heteroatoms. The predicted molar refractivity (Wildman–Crippen MR) is 123 cm³/mol. The van der Waals surface area contributed by atoms with E-state index in [4.69, 9.17) is 21.7 Å². The summed E-state index contributed by atoms with van der Waals surface area (Å²) in [6.45, 7) is 2.02. The highest BCUT2D eigenvalue weighted by Crippen LogP contribution is 2.36. The lowest BCUT2D eigenvalue weighted by Crippen LogP contribution is -2.21. The minimum Gasteiger partial charge on any atom is -0.465 e. The maximum absolute atomic E-state index is 12.5. The van der Waals surface area contributed by atoms with E-state index in [1.807, 2.05) is 30.3 Å². The van der Waals surface area contributed by atoms with Gasteiger partial charge in [0.2, 0.25) is 0 Å². The smallest absolute Gasteiger partial charge is 0.341 e. The number of rotatable bonds is 6. The first-order valence-electron chi connectivity index (χ1n) is 9.15. The third-order valence-corrected chi connectivity index (χ3v) is 5.40. The van der Waals surface area contributed by atoms with Crippen molar-refractivity contribution in [2.75, 3.05) is 24.4 Å². The Hall–Kier alpha value is -3.23. The summed E-state index contributed by atoms with van der Waals surface area (Å²) in [5.74, 6) is -0.910. The highest BCUT2D eigenvalue weighted by Gasteiger charge is 2.20. The third-order valence-electron chi connectivity index (χ3n) is 4.09. The topological polar surface area (TPSA) is 76.7 Å². The van der Waals surface area contributed by atoms with Crippen molar-refractivity contribution in [2.24, 2.45) is 0 Å². The Morgan fingerprint density at radius 3 is 2.37 bits per heavy atom. The van der Waals surface area contributed by atoms with Crippen molar-refractivity contribution in [3.05, 3.63) is 71.8 Å². The summed E-state index contributed by atoms with van der Waals surface area (Å²) < 4.78 is 9.99. The van der Waals surface area contributed by atoms with Crippen LogP contribution in [0.1, 0.15) is 27.6 Å². The fraction of sp³-hybridized carbons (Fsp3) is 0.136. The molecule has 0 fully saturated rings. The highest BCUT2D eigenvalue weighted by atomic mass is 32.1. The molecule has 3 rings (SSSR count). The second-order valence-corrected chi connectivity index (χ2v) is 7.52. The molecule has 0 spiro atoms. The number of para-hydroxylation sites is 1. The van der Waals surface area contributed by atoms with Gasteiger partial charge in [-0.25, -0.2) is 9.59 Å². The summed E-state index contributed by atoms with van der Waals surface area (Å²) in [4.78, 5) is 25.3. The van der Waals surface area contributed by atoms with Gasteiger partial charge in [-0.15, -0.1) is 11.3 Å². The fourth-order valence-corrected chi connectivity index (χ4v) is 4.06. The molecule has 0 saturated heterocycles. The minimum atomic E-state index is -0.476. The third kappa shape index (κ3) is 5.03. The number of hydrogen-bond acceptors (Lipinski definition) is 6. The zero-order valence-corrected chi connectivity index (χ0v) is 18.1. The number of benzene rings is 2. The number of methoxy groups -OCH3 is 1. The van der Waals surface area contributed by atoms with Crippen molar-refractivity contribution < 1.29 is 19.1 Å². The number of thiocarbonyl (C=S) groups is 1. The molecule has 0 radical (unpaired) electrons. The van der Waals surface area contributed by atoms with Crippen LogP contribution >= 0.6 is 23.6 Å². The molecule has 0 bridgehead atoms. The number of thiophene rings is 1. The number of carbonyl (C=O) groups excluding carboxylic acids is 2. The Labute approximate surface area is 183 Å². The molecule has 1 aromatic heterocycles. The lowest BCUT2D eigenvalue weighted by Gasteiger charge is -2.13. The standard InChI is InChI=1S/C22H20N2O4S2/c1-3-28-21(26)16-13-18(14-9-5-4-6-10-14)30-19(16)24-22(29)23-17-12-8-7-11-15(17)20(25)27-2/h4-13H,3H2,1-2H3,(H2,23,24,29). The van der Waals surface area contributed by atoms with E-state index in [1.165, 1.54) is 18.4 Å². The Balaban J connectivity index is 1.87. The molecule has 0 aliphatic carbocycles. The summed E-state index contributed by atoms with van der Waals surface area (Å²) in [5.41, 5.74) is 2.23. The average Bonchev–Trinajstić information content (AvgIpc) is 3.18. The Bertz CT molecular complexity index is 1060. The van der Waals surface area contributed by atoms with Gasteiger partial charge in [-0.1, -0.05) is 42.5 Å². The average molecular weight is 441 g/mol. The van der Waals surface area contributed by atoms with Crippen molar-refractivity contribution in [3.8, 4) is 10.4 Å². The van der Waals surface area contributed by atoms with Crippen LogP contribution in [-0.4, -0.2) is 30.8 Å². The van der Waals surface area contributed by atoms with Crippen LogP contribution in [-0.2, 0) is 9.47 Å². The zero-order chi connectivity index (χ0) is 21.5. The van der Waals surface area contributed by atoms with Crippen molar-refractivity contribution in [1.29, 1.82) is 0 Å². The van der Waals surface area contributed by atoms with Gasteiger partial charge in [0.25, 0.3) is 0 Å². The van der Waals surface area contributed by atoms with Crippen LogP contribution < -0.4 is 10.6 Å². The van der Waals surface area contributed by atoms with Gasteiger partial charge in [-0.3, -0.25) is 0 Å². The molecule has 0 amide bonds. The molecule has 2 N–H and O–H groups in total. The van der Waals surface area contributed by atoms with Gasteiger partial charge in [0.05, 0.1) is 30.5 Å². The van der Waals surface area contributed by atoms with E-state index in [0.29, 0.717) is 21.8 Å². The molecule has 0 unspecified atom stereocenters. The molecular weight excluding hydrogens is 420 g/mol. The highest BCUT2D eigenvalue weighted by molar-refractivity contribution is 7.80. The first-order chi connectivity index (χ1) is 14.5. The van der Waals surface area contributed by atoms with Gasteiger partial charge in [0.1, 0.15) is 5.00 Å². The van der Waals surface area contributed by atoms with E-state index >= 15 is 0 Å². The Kier molecular flexibility index (Phi) is 7.16. The quantitative estimate of drug-likeness (QED) is 0.404. The van der Waals surface area contributed by atoms with E-state index in [0.717, 1.165) is 10.4 Å². The van der Waals surface area contributed by atoms with Crippen LogP contribution in [0.2, 0.25) is 0 Å². The van der Waals surface area contributed by atoms with Gasteiger partial charge < -0.3 is 20.1 Å². The summed E-state index contributed by atoms with van der Waals surface area (Å²) in [6.07, 6.45) is 0. The zero-order valence-electron chi connectivity index (χ0n) is 16.4. The lowest BCUT2D eigenvalue weighted by molar-refractivity contribution is 0.0527. The number of hydrogen-bond donors (Lipinski definition) is 2. The molecule has 1 heterocycles. The van der Waals surface area contributed by atoms with Crippen LogP contribution in [0.25, 0.3) is 10.4 Å². The van der Waals surface area contributed by atoms with Gasteiger partial charge in [-0.2, -0.15) is 0 Å². The molecule has 30 heavy (non-hydrogen) atoms. The van der Waals surface area contributed by atoms with Gasteiger partial charge >= 0.3 is 11.9 Å². The van der Waals surface area contributed by atoms with Crippen LogP contribution in [0.15, 0.2) is 60.7 Å². The van der Waals surface area contributed by atoms with E-state index in [-0.39, 0.29) is 11.7 Å². The van der Waals surface area contributed by atoms with E-state index in [1.54, 1.807) is 37.3 Å². The number of anilines is 2. The molecule has 0 atom stereocenters. The molecule has 0 saturated carbocycles. The van der Waals surface area contributed by atoms with Gasteiger partial charge in [0, 0.05) is 4.88 Å². The lowest BCUT2D eigenvalue weighted by atomic mass is 10.1. The first kappa shape index (κ1) is 21.5. The van der Waals surface area contributed by atoms with Crippen molar-refractivity contribution in [2.45, 2.75) is 6.92 Å². The number of esters is 2.